The average Bonchev–Trinajstić information content (AvgIpc) is 3.21. The van der Waals surface area contributed by atoms with Gasteiger partial charge in [-0.25, -0.2) is 9.00 Å². The molecule has 1 aliphatic heterocycles. The lowest BCUT2D eigenvalue weighted by molar-refractivity contribution is 0.0403. The maximum absolute atomic E-state index is 12.8. The van der Waals surface area contributed by atoms with Gasteiger partial charge in [0.1, 0.15) is 0 Å². The minimum Gasteiger partial charge on any atom is -0.449 e. The van der Waals surface area contributed by atoms with E-state index in [1.165, 1.54) is 25.7 Å². The third kappa shape index (κ3) is 5.93. The molecule has 9 heteroatoms. The number of ether oxygens (including phenoxy) is 1. The molecule has 1 heterocycles. The van der Waals surface area contributed by atoms with Crippen molar-refractivity contribution in [3.8, 4) is 0 Å². The van der Waals surface area contributed by atoms with Crippen molar-refractivity contribution in [2.45, 2.75) is 45.1 Å². The molecule has 8 nitrogen and oxygen atoms in total. The quantitative estimate of drug-likeness (QED) is 0.685. The summed E-state index contributed by atoms with van der Waals surface area (Å²) in [6.07, 6.45) is 5.69. The standard InChI is InChI=1S/C20H29N3O5S/c1-15-14-22(20(25)28-13-10-16-4-2-3-5-16)11-12-23(15)19(24)17-6-8-18(9-7-17)21-29(26)27/h6-9,15-16,21H,2-5,10-14H2,1H3,(H,26,27)/t15-/m1/s1. The molecule has 2 N–H and O–H groups in total. The zero-order valence-electron chi connectivity index (χ0n) is 16.7. The first-order valence-corrected chi connectivity index (χ1v) is 11.2. The summed E-state index contributed by atoms with van der Waals surface area (Å²) in [5, 5.41) is 0. The number of carbonyl (C=O) groups excluding carboxylic acids is 2. The minimum atomic E-state index is -2.15. The van der Waals surface area contributed by atoms with Crippen LogP contribution in [0.15, 0.2) is 24.3 Å². The van der Waals surface area contributed by atoms with E-state index in [-0.39, 0.29) is 18.0 Å². The molecular weight excluding hydrogens is 394 g/mol. The van der Waals surface area contributed by atoms with Gasteiger partial charge in [0.2, 0.25) is 0 Å². The zero-order chi connectivity index (χ0) is 20.8. The summed E-state index contributed by atoms with van der Waals surface area (Å²) in [5.41, 5.74) is 0.958. The van der Waals surface area contributed by atoms with Crippen LogP contribution in [-0.4, -0.2) is 62.8 Å². The van der Waals surface area contributed by atoms with Gasteiger partial charge in [-0.05, 0) is 43.5 Å². The molecule has 1 aromatic rings. The van der Waals surface area contributed by atoms with Crippen LogP contribution < -0.4 is 4.72 Å². The molecule has 160 valence electrons. The van der Waals surface area contributed by atoms with E-state index in [1.807, 2.05) is 6.92 Å². The molecule has 29 heavy (non-hydrogen) atoms. The second-order valence-corrected chi connectivity index (χ2v) is 8.48. The van der Waals surface area contributed by atoms with E-state index in [4.69, 9.17) is 9.29 Å². The number of nitrogens with one attached hydrogen (secondary N) is 1. The Labute approximate surface area is 174 Å². The fourth-order valence-corrected chi connectivity index (χ4v) is 4.41. The number of rotatable bonds is 6. The third-order valence-electron chi connectivity index (χ3n) is 5.71. The number of piperazine rings is 1. The maximum atomic E-state index is 12.8. The van der Waals surface area contributed by atoms with Crippen LogP contribution in [0.25, 0.3) is 0 Å². The van der Waals surface area contributed by atoms with Gasteiger partial charge in [-0.2, -0.15) is 0 Å². The molecule has 1 aliphatic carbocycles. The van der Waals surface area contributed by atoms with Gasteiger partial charge >= 0.3 is 6.09 Å². The van der Waals surface area contributed by atoms with Gasteiger partial charge in [-0.1, -0.05) is 25.7 Å². The highest BCUT2D eigenvalue weighted by atomic mass is 32.2. The summed E-state index contributed by atoms with van der Waals surface area (Å²) >= 11 is -2.15. The molecule has 0 aromatic heterocycles. The number of benzene rings is 1. The average molecular weight is 424 g/mol. The molecule has 2 atom stereocenters. The molecule has 1 saturated heterocycles. The largest absolute Gasteiger partial charge is 0.449 e. The third-order valence-corrected chi connectivity index (χ3v) is 6.12. The Morgan fingerprint density at radius 2 is 1.90 bits per heavy atom. The van der Waals surface area contributed by atoms with E-state index in [0.29, 0.717) is 43.4 Å². The van der Waals surface area contributed by atoms with Crippen molar-refractivity contribution in [2.24, 2.45) is 5.92 Å². The van der Waals surface area contributed by atoms with Crippen molar-refractivity contribution in [1.82, 2.24) is 9.80 Å². The van der Waals surface area contributed by atoms with Gasteiger partial charge in [-0.15, -0.1) is 0 Å². The molecule has 2 aliphatic rings. The van der Waals surface area contributed by atoms with E-state index in [1.54, 1.807) is 34.1 Å². The van der Waals surface area contributed by atoms with Crippen molar-refractivity contribution < 1.29 is 23.1 Å². The van der Waals surface area contributed by atoms with Crippen LogP contribution in [0.2, 0.25) is 0 Å². The number of hydrogen-bond acceptors (Lipinski definition) is 4. The van der Waals surface area contributed by atoms with E-state index in [2.05, 4.69) is 4.72 Å². The zero-order valence-corrected chi connectivity index (χ0v) is 17.5. The lowest BCUT2D eigenvalue weighted by Gasteiger charge is -2.39. The van der Waals surface area contributed by atoms with E-state index in [0.717, 1.165) is 6.42 Å². The van der Waals surface area contributed by atoms with E-state index in [9.17, 15) is 13.8 Å². The van der Waals surface area contributed by atoms with Gasteiger partial charge in [0.05, 0.1) is 6.61 Å². The number of anilines is 1. The van der Waals surface area contributed by atoms with Crippen molar-refractivity contribution >= 4 is 29.0 Å². The molecule has 0 spiro atoms. The fraction of sp³-hybridized carbons (Fsp3) is 0.600. The van der Waals surface area contributed by atoms with Gasteiger partial charge < -0.3 is 14.5 Å². The van der Waals surface area contributed by atoms with Crippen molar-refractivity contribution in [2.75, 3.05) is 31.0 Å². The molecular formula is C20H29N3O5S. The fourth-order valence-electron chi connectivity index (χ4n) is 4.08. The highest BCUT2D eigenvalue weighted by Crippen LogP contribution is 2.27. The van der Waals surface area contributed by atoms with E-state index < -0.39 is 11.3 Å². The lowest BCUT2D eigenvalue weighted by atomic mass is 10.1. The smallest absolute Gasteiger partial charge is 0.409 e. The highest BCUT2D eigenvalue weighted by Gasteiger charge is 2.31. The Hall–Kier alpha value is -2.13. The first-order chi connectivity index (χ1) is 13.9. The first-order valence-electron chi connectivity index (χ1n) is 10.1. The second kappa shape index (κ2) is 10.1. The predicted molar refractivity (Wildman–Crippen MR) is 111 cm³/mol. The SMILES string of the molecule is C[C@@H]1CN(C(=O)OCCC2CCCC2)CCN1C(=O)c1ccc(NS(=O)O)cc1. The minimum absolute atomic E-state index is 0.122. The topological polar surface area (TPSA) is 99.2 Å². The van der Waals surface area contributed by atoms with Crippen LogP contribution in [0.1, 0.15) is 49.4 Å². The molecule has 2 amide bonds. The Morgan fingerprint density at radius 3 is 2.52 bits per heavy atom. The highest BCUT2D eigenvalue weighted by molar-refractivity contribution is 7.80. The molecule has 1 unspecified atom stereocenters. The second-order valence-electron chi connectivity index (χ2n) is 7.78. The van der Waals surface area contributed by atoms with Gasteiger partial charge in [-0.3, -0.25) is 14.1 Å². The molecule has 0 radical (unpaired) electrons. The van der Waals surface area contributed by atoms with E-state index >= 15 is 0 Å². The molecule has 0 bridgehead atoms. The Bertz CT molecular complexity index is 736. The van der Waals surface area contributed by atoms with Crippen molar-refractivity contribution in [3.05, 3.63) is 29.8 Å². The van der Waals surface area contributed by atoms with Crippen molar-refractivity contribution in [1.29, 1.82) is 0 Å². The summed E-state index contributed by atoms with van der Waals surface area (Å²) < 4.78 is 27.4. The summed E-state index contributed by atoms with van der Waals surface area (Å²) in [4.78, 5) is 28.6. The van der Waals surface area contributed by atoms with Gasteiger partial charge in [0.15, 0.2) is 0 Å². The van der Waals surface area contributed by atoms with Crippen LogP contribution in [-0.2, 0) is 16.0 Å². The summed E-state index contributed by atoms with van der Waals surface area (Å²) in [5.74, 6) is 0.568. The van der Waals surface area contributed by atoms with Crippen LogP contribution in [0.3, 0.4) is 0 Å². The molecule has 1 aromatic carbocycles. The van der Waals surface area contributed by atoms with Gasteiger partial charge in [0.25, 0.3) is 17.2 Å². The van der Waals surface area contributed by atoms with Crippen molar-refractivity contribution in [3.63, 3.8) is 0 Å². The monoisotopic (exact) mass is 423 g/mol. The maximum Gasteiger partial charge on any atom is 0.409 e. The number of carbonyl (C=O) groups is 2. The van der Waals surface area contributed by atoms with Gasteiger partial charge in [0, 0.05) is 36.9 Å². The van der Waals surface area contributed by atoms with Crippen LogP contribution in [0.4, 0.5) is 10.5 Å². The number of hydrogen-bond donors (Lipinski definition) is 2. The molecule has 1 saturated carbocycles. The Kier molecular flexibility index (Phi) is 7.49. The Balaban J connectivity index is 1.47. The number of nitrogens with zero attached hydrogens (tertiary/aromatic N) is 2. The summed E-state index contributed by atoms with van der Waals surface area (Å²) in [6, 6.07) is 6.29. The predicted octanol–water partition coefficient (Wildman–Crippen LogP) is 3.10. The van der Waals surface area contributed by atoms with Crippen LogP contribution in [0.5, 0.6) is 0 Å². The lowest BCUT2D eigenvalue weighted by Crippen LogP contribution is -2.55. The molecule has 2 fully saturated rings. The number of amides is 2. The first kappa shape index (κ1) is 21.6. The van der Waals surface area contributed by atoms with Crippen LogP contribution in [0, 0.1) is 5.92 Å². The Morgan fingerprint density at radius 1 is 1.21 bits per heavy atom. The normalized spacial score (nSPS) is 21.1. The summed E-state index contributed by atoms with van der Waals surface area (Å²) in [6.45, 7) is 3.72. The summed E-state index contributed by atoms with van der Waals surface area (Å²) in [7, 11) is 0. The molecule has 3 rings (SSSR count). The van der Waals surface area contributed by atoms with Crippen LogP contribution >= 0.6 is 0 Å².